The molecule has 1 aromatic heterocycles. The number of nitrogens with one attached hydrogen (secondary N) is 1. The molecule has 0 saturated carbocycles. The van der Waals surface area contributed by atoms with Crippen molar-refractivity contribution in [2.24, 2.45) is 0 Å². The summed E-state index contributed by atoms with van der Waals surface area (Å²) in [5, 5.41) is 3.11. The molecule has 1 aromatic carbocycles. The van der Waals surface area contributed by atoms with Gasteiger partial charge in [-0.15, -0.1) is 0 Å². The molecule has 0 unspecified atom stereocenters. The Hall–Kier alpha value is -2.10. The normalized spacial score (nSPS) is 10.2. The molecule has 0 radical (unpaired) electrons. The smallest absolute Gasteiger partial charge is 0.239 e. The van der Waals surface area contributed by atoms with Crippen molar-refractivity contribution < 1.29 is 4.74 Å². The first-order valence-electron chi connectivity index (χ1n) is 6.00. The highest BCUT2D eigenvalue weighted by atomic mass is 16.5. The quantitative estimate of drug-likeness (QED) is 0.894. The maximum atomic E-state index is 5.76. The van der Waals surface area contributed by atoms with E-state index in [1.165, 1.54) is 0 Å². The Labute approximate surface area is 107 Å². The van der Waals surface area contributed by atoms with Crippen LogP contribution in [0.4, 0.5) is 5.82 Å². The zero-order valence-corrected chi connectivity index (χ0v) is 10.9. The van der Waals surface area contributed by atoms with Gasteiger partial charge in [-0.25, -0.2) is 0 Å². The number of aryl methyl sites for hydroxylation is 2. The van der Waals surface area contributed by atoms with Gasteiger partial charge in [0.1, 0.15) is 11.6 Å². The van der Waals surface area contributed by atoms with E-state index in [0.717, 1.165) is 29.2 Å². The second-order valence-corrected chi connectivity index (χ2v) is 4.14. The van der Waals surface area contributed by atoms with Crippen molar-refractivity contribution in [2.45, 2.75) is 20.8 Å². The van der Waals surface area contributed by atoms with E-state index in [0.29, 0.717) is 5.88 Å². The van der Waals surface area contributed by atoms with Crippen LogP contribution in [0.2, 0.25) is 0 Å². The highest BCUT2D eigenvalue weighted by molar-refractivity contribution is 5.39. The van der Waals surface area contributed by atoms with Crippen LogP contribution < -0.4 is 10.1 Å². The minimum absolute atomic E-state index is 0.502. The molecule has 0 amide bonds. The molecule has 0 aliphatic carbocycles. The van der Waals surface area contributed by atoms with Gasteiger partial charge in [0.2, 0.25) is 5.88 Å². The van der Waals surface area contributed by atoms with Crippen LogP contribution in [0.1, 0.15) is 18.1 Å². The van der Waals surface area contributed by atoms with Crippen LogP contribution in [0.25, 0.3) is 0 Å². The summed E-state index contributed by atoms with van der Waals surface area (Å²) < 4.78 is 5.76. The van der Waals surface area contributed by atoms with E-state index < -0.39 is 0 Å². The molecule has 0 saturated heterocycles. The standard InChI is InChI=1S/C14H17N3O/c1-4-16-13-8-15-9-14(17-13)18-12-7-10(2)5-6-11(12)3/h5-9H,4H2,1-3H3,(H,16,17). The Kier molecular flexibility index (Phi) is 3.77. The summed E-state index contributed by atoms with van der Waals surface area (Å²) in [6, 6.07) is 6.09. The summed E-state index contributed by atoms with van der Waals surface area (Å²) in [5.41, 5.74) is 2.24. The molecule has 0 fully saturated rings. The lowest BCUT2D eigenvalue weighted by molar-refractivity contribution is 0.457. The Morgan fingerprint density at radius 1 is 1.22 bits per heavy atom. The van der Waals surface area contributed by atoms with Gasteiger partial charge < -0.3 is 10.1 Å². The van der Waals surface area contributed by atoms with Crippen LogP contribution in [0, 0.1) is 13.8 Å². The minimum Gasteiger partial charge on any atom is -0.437 e. The highest BCUT2D eigenvalue weighted by Gasteiger charge is 2.04. The van der Waals surface area contributed by atoms with Gasteiger partial charge in [-0.2, -0.15) is 4.98 Å². The monoisotopic (exact) mass is 243 g/mol. The van der Waals surface area contributed by atoms with Crippen LogP contribution in [-0.4, -0.2) is 16.5 Å². The maximum Gasteiger partial charge on any atom is 0.239 e. The van der Waals surface area contributed by atoms with E-state index in [4.69, 9.17) is 4.74 Å². The third kappa shape index (κ3) is 2.97. The first-order chi connectivity index (χ1) is 8.69. The average molecular weight is 243 g/mol. The Balaban J connectivity index is 2.22. The lowest BCUT2D eigenvalue weighted by Gasteiger charge is -2.09. The number of nitrogens with zero attached hydrogens (tertiary/aromatic N) is 2. The number of benzene rings is 1. The van der Waals surface area contributed by atoms with Gasteiger partial charge in [0.05, 0.1) is 12.4 Å². The fraction of sp³-hybridized carbons (Fsp3) is 0.286. The summed E-state index contributed by atoms with van der Waals surface area (Å²) in [6.45, 7) is 6.87. The fourth-order valence-corrected chi connectivity index (χ4v) is 1.59. The predicted molar refractivity (Wildman–Crippen MR) is 72.2 cm³/mol. The van der Waals surface area contributed by atoms with Crippen LogP contribution in [0.15, 0.2) is 30.6 Å². The first-order valence-corrected chi connectivity index (χ1v) is 6.00. The van der Waals surface area contributed by atoms with Crippen molar-refractivity contribution in [3.8, 4) is 11.6 Å². The third-order valence-corrected chi connectivity index (χ3v) is 2.53. The molecule has 0 aliphatic rings. The van der Waals surface area contributed by atoms with E-state index in [2.05, 4.69) is 21.4 Å². The average Bonchev–Trinajstić information content (AvgIpc) is 2.35. The lowest BCUT2D eigenvalue weighted by atomic mass is 10.1. The van der Waals surface area contributed by atoms with E-state index in [9.17, 15) is 0 Å². The number of rotatable bonds is 4. The van der Waals surface area contributed by atoms with Crippen molar-refractivity contribution in [1.82, 2.24) is 9.97 Å². The molecule has 2 rings (SSSR count). The number of hydrogen-bond donors (Lipinski definition) is 1. The molecule has 94 valence electrons. The second-order valence-electron chi connectivity index (χ2n) is 4.14. The number of ether oxygens (including phenoxy) is 1. The first kappa shape index (κ1) is 12.4. The molecule has 0 aliphatic heterocycles. The van der Waals surface area contributed by atoms with E-state index in [-0.39, 0.29) is 0 Å². The zero-order valence-electron chi connectivity index (χ0n) is 10.9. The van der Waals surface area contributed by atoms with Gasteiger partial charge in [0, 0.05) is 6.54 Å². The maximum absolute atomic E-state index is 5.76. The summed E-state index contributed by atoms with van der Waals surface area (Å²) in [7, 11) is 0. The molecule has 2 aromatic rings. The minimum atomic E-state index is 0.502. The molecular weight excluding hydrogens is 226 g/mol. The molecule has 4 nitrogen and oxygen atoms in total. The molecule has 1 heterocycles. The largest absolute Gasteiger partial charge is 0.437 e. The van der Waals surface area contributed by atoms with E-state index in [1.807, 2.05) is 32.9 Å². The van der Waals surface area contributed by atoms with Gasteiger partial charge in [-0.05, 0) is 38.0 Å². The zero-order chi connectivity index (χ0) is 13.0. The van der Waals surface area contributed by atoms with Crippen LogP contribution in [0.5, 0.6) is 11.6 Å². The van der Waals surface area contributed by atoms with Crippen molar-refractivity contribution in [2.75, 3.05) is 11.9 Å². The molecule has 18 heavy (non-hydrogen) atoms. The van der Waals surface area contributed by atoms with Gasteiger partial charge in [-0.1, -0.05) is 12.1 Å². The SMILES string of the molecule is CCNc1cncc(Oc2cc(C)ccc2C)n1. The van der Waals surface area contributed by atoms with Gasteiger partial charge in [0.15, 0.2) is 0 Å². The van der Waals surface area contributed by atoms with Gasteiger partial charge in [-0.3, -0.25) is 4.98 Å². The number of hydrogen-bond acceptors (Lipinski definition) is 4. The van der Waals surface area contributed by atoms with Gasteiger partial charge >= 0.3 is 0 Å². The molecule has 0 bridgehead atoms. The predicted octanol–water partition coefficient (Wildman–Crippen LogP) is 3.32. The topological polar surface area (TPSA) is 47.0 Å². The fourth-order valence-electron chi connectivity index (χ4n) is 1.59. The van der Waals surface area contributed by atoms with Gasteiger partial charge in [0.25, 0.3) is 0 Å². The Morgan fingerprint density at radius 2 is 2.06 bits per heavy atom. The second kappa shape index (κ2) is 5.49. The van der Waals surface area contributed by atoms with E-state index >= 15 is 0 Å². The summed E-state index contributed by atoms with van der Waals surface area (Å²) in [5.74, 6) is 2.04. The molecule has 4 heteroatoms. The van der Waals surface area contributed by atoms with Crippen molar-refractivity contribution in [1.29, 1.82) is 0 Å². The molecular formula is C14H17N3O. The Bertz CT molecular complexity index is 540. The summed E-state index contributed by atoms with van der Waals surface area (Å²) in [6.07, 6.45) is 3.29. The van der Waals surface area contributed by atoms with Crippen molar-refractivity contribution in [3.63, 3.8) is 0 Å². The summed E-state index contributed by atoms with van der Waals surface area (Å²) in [4.78, 5) is 8.43. The number of anilines is 1. The molecule has 0 spiro atoms. The third-order valence-electron chi connectivity index (χ3n) is 2.53. The van der Waals surface area contributed by atoms with Crippen LogP contribution in [-0.2, 0) is 0 Å². The molecule has 0 atom stereocenters. The van der Waals surface area contributed by atoms with Crippen LogP contribution in [0.3, 0.4) is 0 Å². The summed E-state index contributed by atoms with van der Waals surface area (Å²) >= 11 is 0. The molecule has 1 N–H and O–H groups in total. The van der Waals surface area contributed by atoms with Crippen molar-refractivity contribution in [3.05, 3.63) is 41.7 Å². The Morgan fingerprint density at radius 3 is 2.83 bits per heavy atom. The van der Waals surface area contributed by atoms with E-state index in [1.54, 1.807) is 12.4 Å². The van der Waals surface area contributed by atoms with Crippen molar-refractivity contribution >= 4 is 5.82 Å². The highest BCUT2D eigenvalue weighted by Crippen LogP contribution is 2.24. The number of aromatic nitrogens is 2. The lowest BCUT2D eigenvalue weighted by Crippen LogP contribution is -2.01. The van der Waals surface area contributed by atoms with Crippen LogP contribution >= 0.6 is 0 Å².